The third-order valence-electron chi connectivity index (χ3n) is 4.10. The van der Waals surface area contributed by atoms with Gasteiger partial charge in [-0.3, -0.25) is 4.99 Å². The van der Waals surface area contributed by atoms with E-state index < -0.39 is 15.3 Å². The van der Waals surface area contributed by atoms with Crippen LogP contribution in [-0.4, -0.2) is 45.5 Å². The maximum absolute atomic E-state index is 14.0. The number of nitrogens with one attached hydrogen (secondary N) is 2. The van der Waals surface area contributed by atoms with Crippen molar-refractivity contribution in [1.82, 2.24) is 10.6 Å². The molecule has 1 unspecified atom stereocenters. The zero-order chi connectivity index (χ0) is 17.1. The molecule has 5 nitrogen and oxygen atoms in total. The minimum absolute atomic E-state index is 0.122. The number of nitrogens with zero attached hydrogens (tertiary/aromatic N) is 1. The minimum Gasteiger partial charge on any atom is -0.356 e. The number of guanidine groups is 1. The third-order valence-corrected chi connectivity index (χ3v) is 5.87. The summed E-state index contributed by atoms with van der Waals surface area (Å²) < 4.78 is 37.0. The first-order valence-electron chi connectivity index (χ1n) is 7.66. The fourth-order valence-corrected chi connectivity index (χ4v) is 4.38. The maximum atomic E-state index is 14.0. The molecule has 2 N–H and O–H groups in total. The molecule has 1 saturated heterocycles. The van der Waals surface area contributed by atoms with Crippen molar-refractivity contribution in [1.29, 1.82) is 0 Å². The van der Waals surface area contributed by atoms with Gasteiger partial charge in [0, 0.05) is 25.0 Å². The summed E-state index contributed by atoms with van der Waals surface area (Å²) in [5, 5.41) is 6.29. The Hall–Kier alpha value is -1.63. The van der Waals surface area contributed by atoms with Crippen LogP contribution in [0, 0.1) is 5.82 Å². The molecule has 0 saturated carbocycles. The van der Waals surface area contributed by atoms with E-state index >= 15 is 0 Å². The summed E-state index contributed by atoms with van der Waals surface area (Å²) in [6.45, 7) is 4.38. The predicted octanol–water partition coefficient (Wildman–Crippen LogP) is 1.46. The van der Waals surface area contributed by atoms with Gasteiger partial charge in [-0.05, 0) is 18.1 Å². The molecule has 1 aromatic rings. The number of hydrogen-bond acceptors (Lipinski definition) is 3. The summed E-state index contributed by atoms with van der Waals surface area (Å²) in [5.74, 6) is 0.646. The van der Waals surface area contributed by atoms with Gasteiger partial charge in [-0.1, -0.05) is 32.0 Å². The van der Waals surface area contributed by atoms with Crippen LogP contribution in [0.4, 0.5) is 4.39 Å². The summed E-state index contributed by atoms with van der Waals surface area (Å²) in [6.07, 6.45) is 0.583. The number of benzene rings is 1. The van der Waals surface area contributed by atoms with E-state index in [4.69, 9.17) is 0 Å². The van der Waals surface area contributed by atoms with Crippen molar-refractivity contribution in [2.75, 3.05) is 25.1 Å². The van der Waals surface area contributed by atoms with E-state index in [0.717, 1.165) is 0 Å². The maximum Gasteiger partial charge on any atom is 0.191 e. The van der Waals surface area contributed by atoms with Crippen molar-refractivity contribution >= 4 is 15.8 Å². The Kier molecular flexibility index (Phi) is 5.29. The zero-order valence-corrected chi connectivity index (χ0v) is 14.6. The average molecular weight is 341 g/mol. The molecule has 1 fully saturated rings. The number of aliphatic imine (C=N–C) groups is 1. The third kappa shape index (κ3) is 4.67. The second kappa shape index (κ2) is 6.86. The van der Waals surface area contributed by atoms with Crippen molar-refractivity contribution in [3.8, 4) is 0 Å². The molecule has 0 radical (unpaired) electrons. The summed E-state index contributed by atoms with van der Waals surface area (Å²) in [5.41, 5.74) is 0.205. The van der Waals surface area contributed by atoms with Gasteiger partial charge in [-0.25, -0.2) is 12.8 Å². The monoisotopic (exact) mass is 341 g/mol. The van der Waals surface area contributed by atoms with Gasteiger partial charge in [0.1, 0.15) is 5.82 Å². The Morgan fingerprint density at radius 2 is 2.09 bits per heavy atom. The van der Waals surface area contributed by atoms with E-state index in [-0.39, 0.29) is 23.4 Å². The first kappa shape index (κ1) is 17.7. The van der Waals surface area contributed by atoms with Crippen LogP contribution in [0.5, 0.6) is 0 Å². The average Bonchev–Trinajstić information content (AvgIpc) is 2.82. The molecule has 2 rings (SSSR count). The van der Waals surface area contributed by atoms with Crippen molar-refractivity contribution in [2.24, 2.45) is 4.99 Å². The van der Waals surface area contributed by atoms with Gasteiger partial charge >= 0.3 is 0 Å². The summed E-state index contributed by atoms with van der Waals surface area (Å²) in [7, 11) is -1.30. The molecule has 7 heteroatoms. The van der Waals surface area contributed by atoms with E-state index in [2.05, 4.69) is 15.6 Å². The second-order valence-electron chi connectivity index (χ2n) is 6.53. The Morgan fingerprint density at radius 1 is 1.39 bits per heavy atom. The highest BCUT2D eigenvalue weighted by Crippen LogP contribution is 2.24. The van der Waals surface area contributed by atoms with Crippen molar-refractivity contribution in [3.05, 3.63) is 35.6 Å². The molecule has 1 aliphatic heterocycles. The highest BCUT2D eigenvalue weighted by atomic mass is 32.2. The second-order valence-corrected chi connectivity index (χ2v) is 8.76. The van der Waals surface area contributed by atoms with Gasteiger partial charge in [0.15, 0.2) is 15.8 Å². The van der Waals surface area contributed by atoms with Crippen LogP contribution in [0.3, 0.4) is 0 Å². The summed E-state index contributed by atoms with van der Waals surface area (Å²) in [6, 6.07) is 6.59. The molecule has 0 aromatic heterocycles. The van der Waals surface area contributed by atoms with Crippen molar-refractivity contribution in [2.45, 2.75) is 31.7 Å². The van der Waals surface area contributed by atoms with Gasteiger partial charge in [0.2, 0.25) is 0 Å². The number of sulfone groups is 1. The first-order chi connectivity index (χ1) is 10.7. The number of rotatable bonds is 4. The molecule has 1 aromatic carbocycles. The van der Waals surface area contributed by atoms with E-state index in [9.17, 15) is 12.8 Å². The van der Waals surface area contributed by atoms with Crippen LogP contribution in [0.25, 0.3) is 0 Å². The molecule has 23 heavy (non-hydrogen) atoms. The van der Waals surface area contributed by atoms with Crippen LogP contribution in [0.2, 0.25) is 0 Å². The zero-order valence-electron chi connectivity index (χ0n) is 13.8. The molecule has 0 amide bonds. The molecule has 0 spiro atoms. The highest BCUT2D eigenvalue weighted by Gasteiger charge is 2.29. The normalized spacial score (nSPS) is 21.2. The van der Waals surface area contributed by atoms with E-state index in [1.54, 1.807) is 19.2 Å². The molecule has 1 atom stereocenters. The lowest BCUT2D eigenvalue weighted by Gasteiger charge is -2.27. The van der Waals surface area contributed by atoms with E-state index in [1.165, 1.54) is 6.07 Å². The Morgan fingerprint density at radius 3 is 2.65 bits per heavy atom. The fourth-order valence-electron chi connectivity index (χ4n) is 2.71. The summed E-state index contributed by atoms with van der Waals surface area (Å²) >= 11 is 0. The lowest BCUT2D eigenvalue weighted by atomic mass is 9.84. The molecule has 128 valence electrons. The molecule has 1 aliphatic rings. The lowest BCUT2D eigenvalue weighted by molar-refractivity contribution is 0.471. The Bertz CT molecular complexity index is 686. The number of hydrogen-bond donors (Lipinski definition) is 2. The smallest absolute Gasteiger partial charge is 0.191 e. The lowest BCUT2D eigenvalue weighted by Crippen LogP contribution is -2.47. The molecule has 1 heterocycles. The van der Waals surface area contributed by atoms with E-state index in [1.807, 2.05) is 19.9 Å². The van der Waals surface area contributed by atoms with Crippen LogP contribution in [0.15, 0.2) is 29.3 Å². The van der Waals surface area contributed by atoms with Crippen LogP contribution in [0.1, 0.15) is 25.8 Å². The predicted molar refractivity (Wildman–Crippen MR) is 91.0 cm³/mol. The van der Waals surface area contributed by atoms with Crippen LogP contribution >= 0.6 is 0 Å². The first-order valence-corrected chi connectivity index (χ1v) is 9.48. The SMILES string of the molecule is CN=C(NCC(C)(C)c1ccccc1F)NC1CCS(=O)(=O)C1. The van der Waals surface area contributed by atoms with Gasteiger partial charge < -0.3 is 10.6 Å². The molecule has 0 bridgehead atoms. The topological polar surface area (TPSA) is 70.6 Å². The molecular formula is C16H24FN3O2S. The fraction of sp³-hybridized carbons (Fsp3) is 0.562. The van der Waals surface area contributed by atoms with Crippen molar-refractivity contribution in [3.63, 3.8) is 0 Å². The standard InChI is InChI=1S/C16H24FN3O2S/c1-16(2,13-6-4-5-7-14(13)17)11-19-15(18-3)20-12-8-9-23(21,22)10-12/h4-7,12H,8-11H2,1-3H3,(H2,18,19,20). The molecular weight excluding hydrogens is 317 g/mol. The van der Waals surface area contributed by atoms with Crippen molar-refractivity contribution < 1.29 is 12.8 Å². The highest BCUT2D eigenvalue weighted by molar-refractivity contribution is 7.91. The largest absolute Gasteiger partial charge is 0.356 e. The molecule has 0 aliphatic carbocycles. The van der Waals surface area contributed by atoms with Crippen LogP contribution < -0.4 is 10.6 Å². The van der Waals surface area contributed by atoms with Crippen LogP contribution in [-0.2, 0) is 15.3 Å². The minimum atomic E-state index is -2.94. The van der Waals surface area contributed by atoms with Gasteiger partial charge in [0.05, 0.1) is 11.5 Å². The Balaban J connectivity index is 1.97. The van der Waals surface area contributed by atoms with Gasteiger partial charge in [-0.15, -0.1) is 0 Å². The quantitative estimate of drug-likeness (QED) is 0.642. The van der Waals surface area contributed by atoms with E-state index in [0.29, 0.717) is 24.5 Å². The summed E-state index contributed by atoms with van der Waals surface area (Å²) in [4.78, 5) is 4.12. The Labute approximate surface area is 137 Å². The van der Waals surface area contributed by atoms with Gasteiger partial charge in [0.25, 0.3) is 0 Å². The van der Waals surface area contributed by atoms with Gasteiger partial charge in [-0.2, -0.15) is 0 Å². The number of halogens is 1.